The van der Waals surface area contributed by atoms with Crippen LogP contribution in [0.3, 0.4) is 0 Å². The first-order valence-corrected chi connectivity index (χ1v) is 7.98. The van der Waals surface area contributed by atoms with E-state index in [1.165, 1.54) is 24.3 Å². The first-order chi connectivity index (χ1) is 12.5. The van der Waals surface area contributed by atoms with E-state index < -0.39 is 0 Å². The van der Waals surface area contributed by atoms with Gasteiger partial charge in [-0.1, -0.05) is 18.2 Å². The molecule has 0 radical (unpaired) electrons. The minimum atomic E-state index is -0.363. The lowest BCUT2D eigenvalue weighted by molar-refractivity contribution is 0.0948. The Balaban J connectivity index is 1.60. The summed E-state index contributed by atoms with van der Waals surface area (Å²) in [5, 5.41) is 12.7. The Kier molecular flexibility index (Phi) is 5.12. The standard InChI is InChI=1S/C20H17FN2O3/c1-13-3-2-4-17(19(13)24)20(25)23-12-14-5-10-18(22-11-14)26-16-8-6-15(21)7-9-16/h2-11,24H,12H2,1H3,(H,23,25). The molecule has 0 aliphatic carbocycles. The number of nitrogens with one attached hydrogen (secondary N) is 1. The number of amides is 1. The fourth-order valence-electron chi connectivity index (χ4n) is 2.32. The molecule has 1 aromatic heterocycles. The minimum absolute atomic E-state index is 0.0221. The Morgan fingerprint density at radius 2 is 1.92 bits per heavy atom. The van der Waals surface area contributed by atoms with Gasteiger partial charge in [-0.25, -0.2) is 9.37 Å². The molecule has 0 aliphatic rings. The minimum Gasteiger partial charge on any atom is -0.507 e. The zero-order valence-electron chi connectivity index (χ0n) is 14.1. The molecule has 0 saturated carbocycles. The maximum atomic E-state index is 12.9. The van der Waals surface area contributed by atoms with Crippen molar-refractivity contribution < 1.29 is 19.0 Å². The molecule has 26 heavy (non-hydrogen) atoms. The van der Waals surface area contributed by atoms with Gasteiger partial charge in [0.2, 0.25) is 5.88 Å². The average molecular weight is 352 g/mol. The van der Waals surface area contributed by atoms with E-state index in [0.29, 0.717) is 17.2 Å². The maximum Gasteiger partial charge on any atom is 0.255 e. The number of phenols is 1. The van der Waals surface area contributed by atoms with Crippen molar-refractivity contribution in [3.05, 3.63) is 83.3 Å². The number of aromatic nitrogens is 1. The summed E-state index contributed by atoms with van der Waals surface area (Å²) in [5.41, 5.74) is 1.65. The number of rotatable bonds is 5. The number of hydrogen-bond acceptors (Lipinski definition) is 4. The van der Waals surface area contributed by atoms with Crippen LogP contribution in [-0.2, 0) is 6.54 Å². The van der Waals surface area contributed by atoms with Crippen LogP contribution in [0.1, 0.15) is 21.5 Å². The Morgan fingerprint density at radius 1 is 1.15 bits per heavy atom. The Labute approximate surface area is 150 Å². The van der Waals surface area contributed by atoms with E-state index in [1.807, 2.05) is 0 Å². The molecule has 3 aromatic rings. The molecule has 132 valence electrons. The molecule has 0 unspecified atom stereocenters. The third kappa shape index (κ3) is 4.16. The summed E-state index contributed by atoms with van der Waals surface area (Å²) in [6, 6.07) is 14.1. The smallest absolute Gasteiger partial charge is 0.255 e. The molecule has 0 aliphatic heterocycles. The Bertz CT molecular complexity index is 909. The summed E-state index contributed by atoms with van der Waals surface area (Å²) < 4.78 is 18.4. The van der Waals surface area contributed by atoms with E-state index in [2.05, 4.69) is 10.3 Å². The highest BCUT2D eigenvalue weighted by molar-refractivity contribution is 5.97. The van der Waals surface area contributed by atoms with Gasteiger partial charge in [0.15, 0.2) is 0 Å². The molecule has 2 N–H and O–H groups in total. The summed E-state index contributed by atoms with van der Waals surface area (Å²) in [4.78, 5) is 16.3. The van der Waals surface area contributed by atoms with Gasteiger partial charge in [-0.3, -0.25) is 4.79 Å². The van der Waals surface area contributed by atoms with Crippen LogP contribution in [-0.4, -0.2) is 16.0 Å². The molecule has 6 heteroatoms. The van der Waals surface area contributed by atoms with Gasteiger partial charge < -0.3 is 15.2 Å². The number of carbonyl (C=O) groups is 1. The number of benzene rings is 2. The average Bonchev–Trinajstić information content (AvgIpc) is 2.65. The normalized spacial score (nSPS) is 10.4. The first-order valence-electron chi connectivity index (χ1n) is 7.98. The van der Waals surface area contributed by atoms with Gasteiger partial charge in [-0.15, -0.1) is 0 Å². The predicted molar refractivity (Wildman–Crippen MR) is 94.7 cm³/mol. The third-order valence-electron chi connectivity index (χ3n) is 3.77. The number of halogens is 1. The van der Waals surface area contributed by atoms with Crippen LogP contribution < -0.4 is 10.1 Å². The Hall–Kier alpha value is -3.41. The second-order valence-corrected chi connectivity index (χ2v) is 5.71. The van der Waals surface area contributed by atoms with Crippen LogP contribution in [0.4, 0.5) is 4.39 Å². The fourth-order valence-corrected chi connectivity index (χ4v) is 2.32. The molecule has 0 saturated heterocycles. The number of nitrogens with zero attached hydrogens (tertiary/aromatic N) is 1. The van der Waals surface area contributed by atoms with E-state index in [0.717, 1.165) is 5.56 Å². The Morgan fingerprint density at radius 3 is 2.62 bits per heavy atom. The van der Waals surface area contributed by atoms with Crippen molar-refractivity contribution >= 4 is 5.91 Å². The van der Waals surface area contributed by atoms with Gasteiger partial charge in [0, 0.05) is 18.8 Å². The van der Waals surface area contributed by atoms with E-state index in [-0.39, 0.29) is 29.6 Å². The lowest BCUT2D eigenvalue weighted by Gasteiger charge is -2.09. The summed E-state index contributed by atoms with van der Waals surface area (Å²) in [6.45, 7) is 1.99. The molecule has 0 fully saturated rings. The van der Waals surface area contributed by atoms with Gasteiger partial charge in [0.1, 0.15) is 17.3 Å². The lowest BCUT2D eigenvalue weighted by Crippen LogP contribution is -2.23. The van der Waals surface area contributed by atoms with Crippen LogP contribution in [0.5, 0.6) is 17.4 Å². The molecule has 0 spiro atoms. The molecule has 2 aromatic carbocycles. The van der Waals surface area contributed by atoms with Gasteiger partial charge in [0.05, 0.1) is 5.56 Å². The number of hydrogen-bond donors (Lipinski definition) is 2. The summed E-state index contributed by atoms with van der Waals surface area (Å²) >= 11 is 0. The fraction of sp³-hybridized carbons (Fsp3) is 0.100. The van der Waals surface area contributed by atoms with Crippen molar-refractivity contribution in [3.63, 3.8) is 0 Å². The number of ether oxygens (including phenoxy) is 1. The van der Waals surface area contributed by atoms with Gasteiger partial charge in [-0.05, 0) is 48.4 Å². The number of carbonyl (C=O) groups excluding carboxylic acids is 1. The van der Waals surface area contributed by atoms with Crippen molar-refractivity contribution in [2.24, 2.45) is 0 Å². The van der Waals surface area contributed by atoms with Crippen LogP contribution in [0.25, 0.3) is 0 Å². The predicted octanol–water partition coefficient (Wildman–Crippen LogP) is 3.96. The van der Waals surface area contributed by atoms with Crippen LogP contribution in [0.2, 0.25) is 0 Å². The number of para-hydroxylation sites is 1. The van der Waals surface area contributed by atoms with E-state index in [1.54, 1.807) is 43.5 Å². The third-order valence-corrected chi connectivity index (χ3v) is 3.77. The van der Waals surface area contributed by atoms with E-state index in [4.69, 9.17) is 4.74 Å². The summed E-state index contributed by atoms with van der Waals surface area (Å²) in [7, 11) is 0. The summed E-state index contributed by atoms with van der Waals surface area (Å²) in [6.07, 6.45) is 1.58. The van der Waals surface area contributed by atoms with Crippen LogP contribution in [0.15, 0.2) is 60.8 Å². The highest BCUT2D eigenvalue weighted by atomic mass is 19.1. The van der Waals surface area contributed by atoms with Crippen molar-refractivity contribution in [2.45, 2.75) is 13.5 Å². The van der Waals surface area contributed by atoms with E-state index >= 15 is 0 Å². The molecule has 5 nitrogen and oxygen atoms in total. The monoisotopic (exact) mass is 352 g/mol. The lowest BCUT2D eigenvalue weighted by atomic mass is 10.1. The summed E-state index contributed by atoms with van der Waals surface area (Å²) in [5.74, 6) is 0.123. The van der Waals surface area contributed by atoms with Crippen LogP contribution >= 0.6 is 0 Å². The molecule has 3 rings (SSSR count). The zero-order chi connectivity index (χ0) is 18.5. The first kappa shape index (κ1) is 17.4. The second-order valence-electron chi connectivity index (χ2n) is 5.71. The second kappa shape index (κ2) is 7.65. The van der Waals surface area contributed by atoms with E-state index in [9.17, 15) is 14.3 Å². The number of pyridine rings is 1. The van der Waals surface area contributed by atoms with Gasteiger partial charge in [0.25, 0.3) is 5.91 Å². The maximum absolute atomic E-state index is 12.9. The van der Waals surface area contributed by atoms with Gasteiger partial charge in [-0.2, -0.15) is 0 Å². The van der Waals surface area contributed by atoms with Gasteiger partial charge >= 0.3 is 0 Å². The molecule has 1 heterocycles. The van der Waals surface area contributed by atoms with Crippen LogP contribution in [0, 0.1) is 12.7 Å². The molecule has 1 amide bonds. The van der Waals surface area contributed by atoms with Crippen molar-refractivity contribution in [1.82, 2.24) is 10.3 Å². The van der Waals surface area contributed by atoms with Crippen molar-refractivity contribution in [2.75, 3.05) is 0 Å². The molecular weight excluding hydrogens is 335 g/mol. The SMILES string of the molecule is Cc1cccc(C(=O)NCc2ccc(Oc3ccc(F)cc3)nc2)c1O. The number of aromatic hydroxyl groups is 1. The molecular formula is C20H17FN2O3. The molecule has 0 bridgehead atoms. The largest absolute Gasteiger partial charge is 0.507 e. The van der Waals surface area contributed by atoms with Crippen molar-refractivity contribution in [1.29, 1.82) is 0 Å². The number of phenolic OH excluding ortho intramolecular Hbond substituents is 1. The molecule has 0 atom stereocenters. The zero-order valence-corrected chi connectivity index (χ0v) is 14.1. The quantitative estimate of drug-likeness (QED) is 0.729. The highest BCUT2D eigenvalue weighted by Crippen LogP contribution is 2.22. The topological polar surface area (TPSA) is 71.5 Å². The highest BCUT2D eigenvalue weighted by Gasteiger charge is 2.12. The number of aryl methyl sites for hydroxylation is 1. The van der Waals surface area contributed by atoms with Crippen molar-refractivity contribution in [3.8, 4) is 17.4 Å².